The van der Waals surface area contributed by atoms with Gasteiger partial charge >= 0.3 is 0 Å². The first-order valence-corrected chi connectivity index (χ1v) is 8.82. The number of nitrogens with zero attached hydrogens (tertiary/aromatic N) is 3. The number of nitrogens with one attached hydrogen (secondary N) is 2. The third-order valence-electron chi connectivity index (χ3n) is 3.87. The van der Waals surface area contributed by atoms with Crippen LogP contribution in [0.25, 0.3) is 0 Å². The average Bonchev–Trinajstić information content (AvgIpc) is 2.75. The number of hydrogen-bond acceptors (Lipinski definition) is 9. The first kappa shape index (κ1) is 20.3. The molecular formula is C19H20ClN5O4. The summed E-state index contributed by atoms with van der Waals surface area (Å²) in [5.74, 6) is 2.76. The highest BCUT2D eigenvalue weighted by molar-refractivity contribution is 6.32. The fraction of sp³-hybridized carbons (Fsp3) is 0.211. The molecule has 3 rings (SSSR count). The molecule has 0 unspecified atom stereocenters. The summed E-state index contributed by atoms with van der Waals surface area (Å²) in [4.78, 5) is 12.8. The molecule has 0 radical (unpaired) electrons. The molecule has 0 bridgehead atoms. The van der Waals surface area contributed by atoms with Crippen molar-refractivity contribution in [2.75, 3.05) is 39.1 Å². The Balaban J connectivity index is 1.86. The van der Waals surface area contributed by atoms with Crippen molar-refractivity contribution in [1.29, 1.82) is 0 Å². The van der Waals surface area contributed by atoms with Gasteiger partial charge in [0.15, 0.2) is 17.3 Å². The highest BCUT2D eigenvalue weighted by atomic mass is 35.5. The number of aromatic nitrogens is 3. The van der Waals surface area contributed by atoms with Gasteiger partial charge in [0.2, 0.25) is 17.6 Å². The van der Waals surface area contributed by atoms with Crippen LogP contribution in [0.1, 0.15) is 0 Å². The minimum atomic E-state index is 0.327. The Labute approximate surface area is 173 Å². The molecule has 152 valence electrons. The molecule has 0 saturated heterocycles. The normalized spacial score (nSPS) is 10.2. The smallest absolute Gasteiger partial charge is 0.229 e. The summed E-state index contributed by atoms with van der Waals surface area (Å²) < 4.78 is 21.1. The fourth-order valence-electron chi connectivity index (χ4n) is 2.51. The molecule has 2 heterocycles. The van der Waals surface area contributed by atoms with Crippen LogP contribution < -0.4 is 29.6 Å². The molecule has 0 atom stereocenters. The number of anilines is 4. The summed E-state index contributed by atoms with van der Waals surface area (Å²) >= 11 is 6.23. The van der Waals surface area contributed by atoms with E-state index in [0.29, 0.717) is 51.3 Å². The first-order chi connectivity index (χ1) is 14.1. The van der Waals surface area contributed by atoms with Crippen LogP contribution in [0, 0.1) is 0 Å². The number of methoxy groups -OCH3 is 4. The highest BCUT2D eigenvalue weighted by Gasteiger charge is 2.14. The quantitative estimate of drug-likeness (QED) is 0.562. The van der Waals surface area contributed by atoms with Crippen LogP contribution in [0.3, 0.4) is 0 Å². The number of ether oxygens (including phenoxy) is 4. The van der Waals surface area contributed by atoms with E-state index in [2.05, 4.69) is 25.6 Å². The summed E-state index contributed by atoms with van der Waals surface area (Å²) in [7, 11) is 6.19. The SMILES string of the molecule is COc1ccc(Nc2nc(Nc3cc(OC)c(OC)c(OC)c3)ncc2Cl)cn1. The average molecular weight is 418 g/mol. The minimum Gasteiger partial charge on any atom is -0.493 e. The van der Waals surface area contributed by atoms with E-state index in [0.717, 1.165) is 0 Å². The second-order valence-electron chi connectivity index (χ2n) is 5.64. The lowest BCUT2D eigenvalue weighted by molar-refractivity contribution is 0.324. The Hall–Kier alpha value is -3.46. The van der Waals surface area contributed by atoms with E-state index in [1.165, 1.54) is 6.20 Å². The van der Waals surface area contributed by atoms with Crippen molar-refractivity contribution < 1.29 is 18.9 Å². The molecule has 0 amide bonds. The van der Waals surface area contributed by atoms with Crippen LogP contribution in [-0.2, 0) is 0 Å². The number of benzene rings is 1. The maximum Gasteiger partial charge on any atom is 0.229 e. The lowest BCUT2D eigenvalue weighted by Crippen LogP contribution is -2.03. The highest BCUT2D eigenvalue weighted by Crippen LogP contribution is 2.40. The molecule has 0 fully saturated rings. The van der Waals surface area contributed by atoms with Gasteiger partial charge < -0.3 is 29.6 Å². The molecule has 29 heavy (non-hydrogen) atoms. The number of hydrogen-bond donors (Lipinski definition) is 2. The van der Waals surface area contributed by atoms with Crippen molar-refractivity contribution in [1.82, 2.24) is 15.0 Å². The second-order valence-corrected chi connectivity index (χ2v) is 6.05. The van der Waals surface area contributed by atoms with Gasteiger partial charge in [0.25, 0.3) is 0 Å². The maximum absolute atomic E-state index is 6.23. The third kappa shape index (κ3) is 4.69. The summed E-state index contributed by atoms with van der Waals surface area (Å²) in [6, 6.07) is 7.03. The Morgan fingerprint density at radius 2 is 1.52 bits per heavy atom. The van der Waals surface area contributed by atoms with Crippen LogP contribution >= 0.6 is 11.6 Å². The topological polar surface area (TPSA) is 99.7 Å². The summed E-state index contributed by atoms with van der Waals surface area (Å²) in [5, 5.41) is 6.56. The predicted octanol–water partition coefficient (Wildman–Crippen LogP) is 4.05. The lowest BCUT2D eigenvalue weighted by Gasteiger charge is -2.15. The molecule has 0 aliphatic carbocycles. The molecule has 3 aromatic rings. The van der Waals surface area contributed by atoms with Gasteiger partial charge in [0, 0.05) is 23.9 Å². The van der Waals surface area contributed by atoms with Gasteiger partial charge in [0.05, 0.1) is 46.5 Å². The first-order valence-electron chi connectivity index (χ1n) is 8.44. The summed E-state index contributed by atoms with van der Waals surface area (Å²) in [6.07, 6.45) is 3.11. The van der Waals surface area contributed by atoms with E-state index in [1.54, 1.807) is 58.9 Å². The van der Waals surface area contributed by atoms with E-state index in [-0.39, 0.29) is 0 Å². The van der Waals surface area contributed by atoms with Gasteiger partial charge in [-0.3, -0.25) is 0 Å². The molecule has 0 aliphatic rings. The standard InChI is InChI=1S/C19H20ClN5O4/c1-26-14-7-12(8-15(27-2)17(14)29-4)24-19-22-10-13(20)18(25-19)23-11-5-6-16(28-3)21-9-11/h5-10H,1-4H3,(H2,22,23,24,25). The molecule has 1 aromatic carbocycles. The van der Waals surface area contributed by atoms with Crippen molar-refractivity contribution in [3.8, 4) is 23.1 Å². The Kier molecular flexibility index (Phi) is 6.40. The zero-order valence-corrected chi connectivity index (χ0v) is 17.1. The zero-order valence-electron chi connectivity index (χ0n) is 16.3. The van der Waals surface area contributed by atoms with Crippen LogP contribution in [0.15, 0.2) is 36.7 Å². The van der Waals surface area contributed by atoms with Crippen molar-refractivity contribution in [2.24, 2.45) is 0 Å². The van der Waals surface area contributed by atoms with Gasteiger partial charge in [0.1, 0.15) is 5.02 Å². The van der Waals surface area contributed by atoms with Crippen LogP contribution in [0.5, 0.6) is 23.1 Å². The number of rotatable bonds is 8. The zero-order chi connectivity index (χ0) is 20.8. The molecule has 0 saturated carbocycles. The Morgan fingerprint density at radius 1 is 0.793 bits per heavy atom. The number of halogens is 1. The Morgan fingerprint density at radius 3 is 2.07 bits per heavy atom. The molecule has 2 N–H and O–H groups in total. The van der Waals surface area contributed by atoms with Gasteiger partial charge in [-0.05, 0) is 6.07 Å². The Bertz CT molecular complexity index is 960. The molecular weight excluding hydrogens is 398 g/mol. The van der Waals surface area contributed by atoms with Crippen molar-refractivity contribution in [2.45, 2.75) is 0 Å². The van der Waals surface area contributed by atoms with E-state index < -0.39 is 0 Å². The monoisotopic (exact) mass is 417 g/mol. The largest absolute Gasteiger partial charge is 0.493 e. The van der Waals surface area contributed by atoms with Gasteiger partial charge in [-0.2, -0.15) is 4.98 Å². The van der Waals surface area contributed by atoms with Gasteiger partial charge in [-0.15, -0.1) is 0 Å². The fourth-order valence-corrected chi connectivity index (χ4v) is 2.65. The van der Waals surface area contributed by atoms with E-state index in [9.17, 15) is 0 Å². The molecule has 2 aromatic heterocycles. The van der Waals surface area contributed by atoms with Crippen molar-refractivity contribution >= 4 is 34.7 Å². The summed E-state index contributed by atoms with van der Waals surface area (Å²) in [6.45, 7) is 0. The van der Waals surface area contributed by atoms with E-state index >= 15 is 0 Å². The maximum atomic E-state index is 6.23. The van der Waals surface area contributed by atoms with Gasteiger partial charge in [-0.1, -0.05) is 11.6 Å². The van der Waals surface area contributed by atoms with Crippen LogP contribution in [0.4, 0.5) is 23.1 Å². The summed E-state index contributed by atoms with van der Waals surface area (Å²) in [5.41, 5.74) is 1.35. The van der Waals surface area contributed by atoms with Crippen molar-refractivity contribution in [3.63, 3.8) is 0 Å². The lowest BCUT2D eigenvalue weighted by atomic mass is 10.2. The van der Waals surface area contributed by atoms with Crippen LogP contribution in [-0.4, -0.2) is 43.4 Å². The van der Waals surface area contributed by atoms with Crippen molar-refractivity contribution in [3.05, 3.63) is 41.7 Å². The molecule has 9 nitrogen and oxygen atoms in total. The van der Waals surface area contributed by atoms with E-state index in [1.807, 2.05) is 0 Å². The second kappa shape index (κ2) is 9.16. The van der Waals surface area contributed by atoms with Gasteiger partial charge in [-0.25, -0.2) is 9.97 Å². The minimum absolute atomic E-state index is 0.327. The predicted molar refractivity (Wildman–Crippen MR) is 110 cm³/mol. The third-order valence-corrected chi connectivity index (χ3v) is 4.15. The molecule has 10 heteroatoms. The molecule has 0 spiro atoms. The number of pyridine rings is 1. The van der Waals surface area contributed by atoms with Crippen LogP contribution in [0.2, 0.25) is 5.02 Å². The molecule has 0 aliphatic heterocycles. The van der Waals surface area contributed by atoms with E-state index in [4.69, 9.17) is 30.5 Å².